The Hall–Kier alpha value is -3.30. The first-order valence-electron chi connectivity index (χ1n) is 8.67. The molecule has 0 aliphatic heterocycles. The van der Waals surface area contributed by atoms with Crippen molar-refractivity contribution in [1.29, 1.82) is 0 Å². The van der Waals surface area contributed by atoms with E-state index in [-0.39, 0.29) is 5.15 Å². The van der Waals surface area contributed by atoms with Gasteiger partial charge in [-0.05, 0) is 24.3 Å². The molecular weight excluding hydrogens is 428 g/mol. The lowest BCUT2D eigenvalue weighted by molar-refractivity contribution is 0.0954. The summed E-state index contributed by atoms with van der Waals surface area (Å²) >= 11 is 7.47. The number of hydrogen-bond acceptors (Lipinski definition) is 8. The maximum Gasteiger partial charge on any atom is 0.271 e. The summed E-state index contributed by atoms with van der Waals surface area (Å²) in [6.07, 6.45) is 1.44. The number of hydrogen-bond donors (Lipinski definition) is 2. The molecule has 0 aliphatic carbocycles. The third-order valence-corrected chi connectivity index (χ3v) is 5.22. The average Bonchev–Trinajstić information content (AvgIpc) is 3.11. The molecule has 2 N–H and O–H groups in total. The van der Waals surface area contributed by atoms with Gasteiger partial charge in [0.1, 0.15) is 0 Å². The Labute approximate surface area is 182 Å². The molecule has 3 rings (SSSR count). The Morgan fingerprint density at radius 3 is 2.37 bits per heavy atom. The number of ether oxygens (including phenoxy) is 3. The molecule has 0 saturated heterocycles. The van der Waals surface area contributed by atoms with Gasteiger partial charge < -0.3 is 19.5 Å². The zero-order valence-corrected chi connectivity index (χ0v) is 18.0. The Balaban J connectivity index is 1.70. The quantitative estimate of drug-likeness (QED) is 0.395. The molecule has 0 atom stereocenters. The van der Waals surface area contributed by atoms with E-state index in [1.54, 1.807) is 0 Å². The lowest BCUT2D eigenvalue weighted by Crippen LogP contribution is -2.18. The van der Waals surface area contributed by atoms with Crippen molar-refractivity contribution in [3.05, 3.63) is 58.1 Å². The molecule has 8 nitrogen and oxygen atoms in total. The highest BCUT2D eigenvalue weighted by atomic mass is 35.5. The van der Waals surface area contributed by atoms with Gasteiger partial charge in [0, 0.05) is 11.3 Å². The predicted molar refractivity (Wildman–Crippen MR) is 118 cm³/mol. The summed E-state index contributed by atoms with van der Waals surface area (Å²) < 4.78 is 15.8. The second-order valence-corrected chi connectivity index (χ2v) is 7.17. The van der Waals surface area contributed by atoms with Gasteiger partial charge in [-0.25, -0.2) is 10.4 Å². The molecular formula is C20H19ClN4O4S. The summed E-state index contributed by atoms with van der Waals surface area (Å²) in [7, 11) is 4.44. The number of nitrogens with zero attached hydrogens (tertiary/aromatic N) is 2. The summed E-state index contributed by atoms with van der Waals surface area (Å²) in [6, 6.07) is 12.7. The van der Waals surface area contributed by atoms with Crippen LogP contribution in [0.3, 0.4) is 0 Å². The maximum atomic E-state index is 12.5. The van der Waals surface area contributed by atoms with Crippen LogP contribution in [0.25, 0.3) is 0 Å². The minimum atomic E-state index is -0.450. The fourth-order valence-electron chi connectivity index (χ4n) is 2.52. The van der Waals surface area contributed by atoms with Crippen LogP contribution < -0.4 is 25.0 Å². The SMILES string of the molecule is COc1cc(C(=O)N/N=C/c2sc(Nc3ccccc3)nc2Cl)cc(OC)c1OC. The Morgan fingerprint density at radius 1 is 1.10 bits per heavy atom. The molecule has 0 fully saturated rings. The number of hydrazone groups is 1. The van der Waals surface area contributed by atoms with Crippen molar-refractivity contribution in [3.63, 3.8) is 0 Å². The van der Waals surface area contributed by atoms with Gasteiger partial charge in [0.2, 0.25) is 5.75 Å². The average molecular weight is 447 g/mol. The minimum Gasteiger partial charge on any atom is -0.493 e. The maximum absolute atomic E-state index is 12.5. The molecule has 10 heteroatoms. The van der Waals surface area contributed by atoms with Crippen molar-refractivity contribution >= 4 is 45.9 Å². The van der Waals surface area contributed by atoms with Crippen LogP contribution in [0.15, 0.2) is 47.6 Å². The molecule has 30 heavy (non-hydrogen) atoms. The van der Waals surface area contributed by atoms with Gasteiger partial charge >= 0.3 is 0 Å². The van der Waals surface area contributed by atoms with Crippen molar-refractivity contribution in [1.82, 2.24) is 10.4 Å². The number of methoxy groups -OCH3 is 3. The van der Waals surface area contributed by atoms with Gasteiger partial charge in [-0.15, -0.1) is 0 Å². The molecule has 0 unspecified atom stereocenters. The van der Waals surface area contributed by atoms with Crippen LogP contribution >= 0.6 is 22.9 Å². The second kappa shape index (κ2) is 9.95. The van der Waals surface area contributed by atoms with E-state index in [0.29, 0.717) is 32.8 Å². The molecule has 0 aliphatic rings. The Bertz CT molecular complexity index is 1030. The molecule has 1 amide bonds. The minimum absolute atomic E-state index is 0.282. The number of carbonyl (C=O) groups excluding carboxylic acids is 1. The Morgan fingerprint density at radius 2 is 1.77 bits per heavy atom. The number of anilines is 2. The van der Waals surface area contributed by atoms with Gasteiger partial charge in [0.05, 0.1) is 32.4 Å². The molecule has 1 aromatic heterocycles. The number of halogens is 1. The number of benzene rings is 2. The first-order chi connectivity index (χ1) is 14.5. The summed E-state index contributed by atoms with van der Waals surface area (Å²) in [5.74, 6) is 0.685. The van der Waals surface area contributed by atoms with Crippen LogP contribution in [0.5, 0.6) is 17.2 Å². The summed E-state index contributed by atoms with van der Waals surface area (Å²) in [6.45, 7) is 0. The van der Waals surface area contributed by atoms with Crippen molar-refractivity contribution in [2.45, 2.75) is 0 Å². The molecule has 0 saturated carbocycles. The lowest BCUT2D eigenvalue weighted by atomic mass is 10.1. The molecule has 0 bridgehead atoms. The molecule has 0 spiro atoms. The van der Waals surface area contributed by atoms with Gasteiger partial charge in [-0.2, -0.15) is 5.10 Å². The zero-order chi connectivity index (χ0) is 21.5. The third-order valence-electron chi connectivity index (χ3n) is 3.91. The highest BCUT2D eigenvalue weighted by Crippen LogP contribution is 2.38. The third kappa shape index (κ3) is 5.00. The van der Waals surface area contributed by atoms with E-state index in [1.807, 2.05) is 30.3 Å². The largest absolute Gasteiger partial charge is 0.493 e. The second-order valence-electron chi connectivity index (χ2n) is 5.78. The molecule has 1 heterocycles. The van der Waals surface area contributed by atoms with E-state index in [1.165, 1.54) is 51.0 Å². The highest BCUT2D eigenvalue weighted by molar-refractivity contribution is 7.17. The fraction of sp³-hybridized carbons (Fsp3) is 0.150. The zero-order valence-electron chi connectivity index (χ0n) is 16.4. The number of para-hydroxylation sites is 1. The molecule has 156 valence electrons. The predicted octanol–water partition coefficient (Wildman–Crippen LogP) is 4.33. The van der Waals surface area contributed by atoms with Crippen LogP contribution in [0.1, 0.15) is 15.2 Å². The van der Waals surface area contributed by atoms with E-state index in [0.717, 1.165) is 5.69 Å². The van der Waals surface area contributed by atoms with Crippen LogP contribution in [-0.2, 0) is 0 Å². The standard InChI is InChI=1S/C20H19ClN4O4S/c1-27-14-9-12(10-15(28-2)17(14)29-3)19(26)25-22-11-16-18(21)24-20(30-16)23-13-7-5-4-6-8-13/h4-11H,1-3H3,(H,23,24)(H,25,26)/b22-11+. The van der Waals surface area contributed by atoms with E-state index in [4.69, 9.17) is 25.8 Å². The molecule has 2 aromatic carbocycles. The smallest absolute Gasteiger partial charge is 0.271 e. The highest BCUT2D eigenvalue weighted by Gasteiger charge is 2.17. The number of amides is 1. The monoisotopic (exact) mass is 446 g/mol. The van der Waals surface area contributed by atoms with E-state index >= 15 is 0 Å². The lowest BCUT2D eigenvalue weighted by Gasteiger charge is -2.13. The number of rotatable bonds is 8. The van der Waals surface area contributed by atoms with Crippen molar-refractivity contribution in [2.24, 2.45) is 5.10 Å². The number of nitrogens with one attached hydrogen (secondary N) is 2. The summed E-state index contributed by atoms with van der Waals surface area (Å²) in [4.78, 5) is 17.3. The van der Waals surface area contributed by atoms with Crippen molar-refractivity contribution in [2.75, 3.05) is 26.6 Å². The van der Waals surface area contributed by atoms with Gasteiger partial charge in [-0.1, -0.05) is 41.1 Å². The Kier molecular flexibility index (Phi) is 7.10. The number of aromatic nitrogens is 1. The molecule has 3 aromatic rings. The summed E-state index contributed by atoms with van der Waals surface area (Å²) in [5, 5.41) is 8.03. The summed E-state index contributed by atoms with van der Waals surface area (Å²) in [5.41, 5.74) is 3.64. The number of thiazole rings is 1. The number of carbonyl (C=O) groups is 1. The van der Waals surface area contributed by atoms with E-state index < -0.39 is 5.91 Å². The van der Waals surface area contributed by atoms with Crippen LogP contribution in [-0.4, -0.2) is 38.4 Å². The van der Waals surface area contributed by atoms with Gasteiger partial charge in [0.15, 0.2) is 21.8 Å². The molecule has 0 radical (unpaired) electrons. The van der Waals surface area contributed by atoms with Crippen LogP contribution in [0.2, 0.25) is 5.15 Å². The van der Waals surface area contributed by atoms with Gasteiger partial charge in [-0.3, -0.25) is 4.79 Å². The van der Waals surface area contributed by atoms with Crippen LogP contribution in [0.4, 0.5) is 10.8 Å². The topological polar surface area (TPSA) is 94.1 Å². The van der Waals surface area contributed by atoms with E-state index in [2.05, 4.69) is 20.8 Å². The van der Waals surface area contributed by atoms with E-state index in [9.17, 15) is 4.79 Å². The van der Waals surface area contributed by atoms with Crippen molar-refractivity contribution < 1.29 is 19.0 Å². The first kappa shape index (κ1) is 21.4. The fourth-order valence-corrected chi connectivity index (χ4v) is 3.57. The normalized spacial score (nSPS) is 10.7. The van der Waals surface area contributed by atoms with Crippen LogP contribution in [0, 0.1) is 0 Å². The van der Waals surface area contributed by atoms with Crippen molar-refractivity contribution in [3.8, 4) is 17.2 Å². The van der Waals surface area contributed by atoms with Gasteiger partial charge in [0.25, 0.3) is 5.91 Å². The first-order valence-corrected chi connectivity index (χ1v) is 9.87.